The molecule has 1 N–H and O–H groups in total. The summed E-state index contributed by atoms with van der Waals surface area (Å²) in [6.07, 6.45) is 0. The van der Waals surface area contributed by atoms with Gasteiger partial charge in [-0.1, -0.05) is 23.2 Å². The number of hydrogen-bond donors (Lipinski definition) is 1. The summed E-state index contributed by atoms with van der Waals surface area (Å²) in [6, 6.07) is 4.61. The molecular weight excluding hydrogens is 329 g/mol. The van der Waals surface area contributed by atoms with Crippen LogP contribution in [-0.2, 0) is 9.53 Å². The van der Waals surface area contributed by atoms with Crippen molar-refractivity contribution in [3.8, 4) is 0 Å². The number of rotatable bonds is 3. The first-order valence-corrected chi connectivity index (χ1v) is 7.54. The average Bonchev–Trinajstić information content (AvgIpc) is 2.51. The predicted molar refractivity (Wildman–Crippen MR) is 85.5 cm³/mol. The van der Waals surface area contributed by atoms with Crippen molar-refractivity contribution in [3.05, 3.63) is 28.2 Å². The molecule has 0 unspecified atom stereocenters. The highest BCUT2D eigenvalue weighted by Gasteiger charge is 2.24. The smallest absolute Gasteiger partial charge is 0.322 e. The van der Waals surface area contributed by atoms with Crippen LogP contribution in [0.15, 0.2) is 18.2 Å². The van der Waals surface area contributed by atoms with E-state index < -0.39 is 0 Å². The quantitative estimate of drug-likeness (QED) is 0.914. The lowest BCUT2D eigenvalue weighted by atomic mass is 10.3. The van der Waals surface area contributed by atoms with Crippen LogP contribution in [0.3, 0.4) is 0 Å². The lowest BCUT2D eigenvalue weighted by molar-refractivity contribution is -0.136. The highest BCUT2D eigenvalue weighted by Crippen LogP contribution is 2.25. The Labute approximate surface area is 138 Å². The van der Waals surface area contributed by atoms with E-state index in [4.69, 9.17) is 27.9 Å². The van der Waals surface area contributed by atoms with Gasteiger partial charge < -0.3 is 19.9 Å². The minimum atomic E-state index is -0.261. The number of benzene rings is 1. The summed E-state index contributed by atoms with van der Waals surface area (Å²) in [5, 5.41) is 3.65. The molecule has 1 aliphatic rings. The lowest BCUT2D eigenvalue weighted by Gasteiger charge is -2.34. The van der Waals surface area contributed by atoms with Crippen molar-refractivity contribution in [2.24, 2.45) is 0 Å². The molecule has 1 heterocycles. The highest BCUT2D eigenvalue weighted by molar-refractivity contribution is 6.35. The number of anilines is 1. The van der Waals surface area contributed by atoms with E-state index in [-0.39, 0.29) is 18.5 Å². The third-order valence-corrected chi connectivity index (χ3v) is 3.92. The Hall–Kier alpha value is -1.50. The fraction of sp³-hybridized carbons (Fsp3) is 0.429. The molecule has 120 valence electrons. The molecule has 6 nitrogen and oxygen atoms in total. The van der Waals surface area contributed by atoms with Crippen molar-refractivity contribution in [1.82, 2.24) is 9.80 Å². The van der Waals surface area contributed by atoms with Crippen molar-refractivity contribution < 1.29 is 14.3 Å². The first kappa shape index (κ1) is 16.9. The molecule has 0 atom stereocenters. The number of halogens is 2. The molecule has 1 fully saturated rings. The number of amides is 3. The number of ether oxygens (including phenoxy) is 1. The van der Waals surface area contributed by atoms with E-state index in [2.05, 4.69) is 5.32 Å². The number of nitrogens with one attached hydrogen (secondary N) is 1. The Morgan fingerprint density at radius 3 is 2.45 bits per heavy atom. The van der Waals surface area contributed by atoms with E-state index in [0.29, 0.717) is 41.9 Å². The van der Waals surface area contributed by atoms with Gasteiger partial charge in [-0.3, -0.25) is 4.79 Å². The Bertz CT molecular complexity index is 560. The minimum absolute atomic E-state index is 0.0598. The second-order valence-electron chi connectivity index (χ2n) is 4.86. The van der Waals surface area contributed by atoms with Crippen molar-refractivity contribution in [3.63, 3.8) is 0 Å². The van der Waals surface area contributed by atoms with Gasteiger partial charge in [0, 0.05) is 38.3 Å². The largest absolute Gasteiger partial charge is 0.375 e. The molecule has 0 aromatic heterocycles. The maximum Gasteiger partial charge on any atom is 0.322 e. The van der Waals surface area contributed by atoms with Gasteiger partial charge in [-0.2, -0.15) is 0 Å². The fourth-order valence-electron chi connectivity index (χ4n) is 2.16. The van der Waals surface area contributed by atoms with Crippen LogP contribution in [0.5, 0.6) is 0 Å². The predicted octanol–water partition coefficient (Wildman–Crippen LogP) is 2.32. The molecular formula is C14H17Cl2N3O3. The van der Waals surface area contributed by atoms with Gasteiger partial charge in [0.05, 0.1) is 10.7 Å². The molecule has 2 rings (SSSR count). The van der Waals surface area contributed by atoms with Gasteiger partial charge in [-0.25, -0.2) is 4.79 Å². The lowest BCUT2D eigenvalue weighted by Crippen LogP contribution is -2.52. The molecule has 1 aromatic rings. The summed E-state index contributed by atoms with van der Waals surface area (Å²) in [5.41, 5.74) is 0.469. The molecule has 3 amide bonds. The Balaban J connectivity index is 1.90. The summed E-state index contributed by atoms with van der Waals surface area (Å²) in [6.45, 7) is 1.95. The molecule has 0 aliphatic carbocycles. The number of methoxy groups -OCH3 is 1. The molecule has 1 saturated heterocycles. The number of carbonyl (C=O) groups excluding carboxylic acids is 2. The SMILES string of the molecule is COCC(=O)N1CCN(C(=O)Nc2cc(Cl)ccc2Cl)CC1. The zero-order chi connectivity index (χ0) is 16.1. The summed E-state index contributed by atoms with van der Waals surface area (Å²) in [7, 11) is 1.48. The van der Waals surface area contributed by atoms with Crippen LogP contribution in [0.1, 0.15) is 0 Å². The second kappa shape index (κ2) is 7.67. The maximum atomic E-state index is 12.2. The minimum Gasteiger partial charge on any atom is -0.375 e. The maximum absolute atomic E-state index is 12.2. The van der Waals surface area contributed by atoms with Gasteiger partial charge in [-0.05, 0) is 18.2 Å². The molecule has 8 heteroatoms. The second-order valence-corrected chi connectivity index (χ2v) is 5.70. The Morgan fingerprint density at radius 1 is 1.18 bits per heavy atom. The van der Waals surface area contributed by atoms with E-state index in [1.165, 1.54) is 7.11 Å². The molecule has 22 heavy (non-hydrogen) atoms. The normalized spacial score (nSPS) is 14.9. The molecule has 0 bridgehead atoms. The molecule has 0 radical (unpaired) electrons. The van der Waals surface area contributed by atoms with Crippen molar-refractivity contribution in [2.75, 3.05) is 45.2 Å². The van der Waals surface area contributed by atoms with Gasteiger partial charge in [-0.15, -0.1) is 0 Å². The van der Waals surface area contributed by atoms with Crippen molar-refractivity contribution >= 4 is 40.8 Å². The first-order chi connectivity index (χ1) is 10.5. The van der Waals surface area contributed by atoms with Crippen LogP contribution in [0.2, 0.25) is 10.0 Å². The summed E-state index contributed by atoms with van der Waals surface area (Å²) >= 11 is 11.9. The summed E-state index contributed by atoms with van der Waals surface area (Å²) in [5.74, 6) is -0.0690. The summed E-state index contributed by atoms with van der Waals surface area (Å²) < 4.78 is 4.82. The molecule has 1 aromatic carbocycles. The van der Waals surface area contributed by atoms with E-state index in [9.17, 15) is 9.59 Å². The van der Waals surface area contributed by atoms with E-state index in [0.717, 1.165) is 0 Å². The molecule has 0 saturated carbocycles. The number of urea groups is 1. The number of piperazine rings is 1. The first-order valence-electron chi connectivity index (χ1n) is 6.79. The average molecular weight is 346 g/mol. The highest BCUT2D eigenvalue weighted by atomic mass is 35.5. The van der Waals surface area contributed by atoms with Crippen molar-refractivity contribution in [1.29, 1.82) is 0 Å². The zero-order valence-corrected chi connectivity index (χ0v) is 13.7. The fourth-order valence-corrected chi connectivity index (χ4v) is 2.50. The van der Waals surface area contributed by atoms with E-state index in [1.54, 1.807) is 28.0 Å². The van der Waals surface area contributed by atoms with E-state index in [1.807, 2.05) is 0 Å². The van der Waals surface area contributed by atoms with Crippen molar-refractivity contribution in [2.45, 2.75) is 0 Å². The van der Waals surface area contributed by atoms with E-state index >= 15 is 0 Å². The monoisotopic (exact) mass is 345 g/mol. The third kappa shape index (κ3) is 4.25. The van der Waals surface area contributed by atoms with Gasteiger partial charge in [0.2, 0.25) is 5.91 Å². The topological polar surface area (TPSA) is 61.9 Å². The molecule has 1 aliphatic heterocycles. The summed E-state index contributed by atoms with van der Waals surface area (Å²) in [4.78, 5) is 27.2. The van der Waals surface area contributed by atoms with Gasteiger partial charge >= 0.3 is 6.03 Å². The number of hydrogen-bond acceptors (Lipinski definition) is 3. The molecule has 0 spiro atoms. The number of carbonyl (C=O) groups is 2. The Kier molecular flexibility index (Phi) is 5.88. The van der Waals surface area contributed by atoms with Crippen LogP contribution in [-0.4, -0.2) is 61.6 Å². The van der Waals surface area contributed by atoms with Crippen LogP contribution in [0, 0.1) is 0 Å². The van der Waals surface area contributed by atoms with Gasteiger partial charge in [0.1, 0.15) is 6.61 Å². The zero-order valence-electron chi connectivity index (χ0n) is 12.1. The van der Waals surface area contributed by atoms with Crippen LogP contribution in [0.4, 0.5) is 10.5 Å². The number of nitrogens with zero attached hydrogens (tertiary/aromatic N) is 2. The van der Waals surface area contributed by atoms with Crippen LogP contribution < -0.4 is 5.32 Å². The standard InChI is InChI=1S/C14H17Cl2N3O3/c1-22-9-13(20)18-4-6-19(7-5-18)14(21)17-12-8-10(15)2-3-11(12)16/h2-3,8H,4-7,9H2,1H3,(H,17,21). The Morgan fingerprint density at radius 2 is 1.82 bits per heavy atom. The third-order valence-electron chi connectivity index (χ3n) is 3.36. The van der Waals surface area contributed by atoms with Crippen LogP contribution in [0.25, 0.3) is 0 Å². The van der Waals surface area contributed by atoms with Gasteiger partial charge in [0.25, 0.3) is 0 Å². The van der Waals surface area contributed by atoms with Gasteiger partial charge in [0.15, 0.2) is 0 Å². The van der Waals surface area contributed by atoms with Crippen LogP contribution >= 0.6 is 23.2 Å².